The van der Waals surface area contributed by atoms with Crippen LogP contribution in [0.25, 0.3) is 21.5 Å². The summed E-state index contributed by atoms with van der Waals surface area (Å²) in [6.07, 6.45) is 0. The predicted molar refractivity (Wildman–Crippen MR) is 123 cm³/mol. The Morgan fingerprint density at radius 2 is 1.20 bits per heavy atom. The van der Waals surface area contributed by atoms with E-state index in [2.05, 4.69) is 10.2 Å². The molecule has 0 saturated heterocycles. The molecule has 0 aromatic heterocycles. The van der Waals surface area contributed by atoms with Crippen LogP contribution in [0.3, 0.4) is 0 Å². The Balaban J connectivity index is 2.01. The first-order chi connectivity index (χ1) is 16.2. The van der Waals surface area contributed by atoms with E-state index in [4.69, 9.17) is 0 Å². The molecular formula is C20H14N2O10S3. The third kappa shape index (κ3) is 4.60. The Morgan fingerprint density at radius 1 is 0.600 bits per heavy atom. The summed E-state index contributed by atoms with van der Waals surface area (Å²) in [6, 6.07) is 13.1. The molecule has 4 rings (SSSR count). The van der Waals surface area contributed by atoms with Gasteiger partial charge in [0.05, 0.1) is 11.4 Å². The van der Waals surface area contributed by atoms with Crippen molar-refractivity contribution in [3.05, 3.63) is 60.7 Å². The van der Waals surface area contributed by atoms with Crippen LogP contribution in [0.5, 0.6) is 5.75 Å². The molecule has 182 valence electrons. The minimum atomic E-state index is -5.23. The number of fused-ring (bicyclic) bond motifs is 2. The number of benzene rings is 4. The lowest BCUT2D eigenvalue weighted by molar-refractivity contribution is 0.425. The molecule has 4 aromatic carbocycles. The maximum Gasteiger partial charge on any atom is 0.298 e. The summed E-state index contributed by atoms with van der Waals surface area (Å²) in [5.41, 5.74) is -0.0903. The molecule has 12 nitrogen and oxygen atoms in total. The Kier molecular flexibility index (Phi) is 5.87. The average molecular weight is 539 g/mol. The van der Waals surface area contributed by atoms with Crippen LogP contribution < -0.4 is 0 Å². The van der Waals surface area contributed by atoms with Crippen LogP contribution >= 0.6 is 0 Å². The SMILES string of the molecule is O=S(=O)(O)c1cc2cccc(N=Nc3ccc(S(=O)(=O)O)c4ccccc34)c2c(S(=O)(=O)O)c1O. The molecule has 0 saturated carbocycles. The molecule has 15 heteroatoms. The molecule has 0 amide bonds. The highest BCUT2D eigenvalue weighted by Gasteiger charge is 2.29. The van der Waals surface area contributed by atoms with Crippen molar-refractivity contribution < 1.29 is 44.0 Å². The van der Waals surface area contributed by atoms with Crippen molar-refractivity contribution in [2.24, 2.45) is 10.2 Å². The first-order valence-electron chi connectivity index (χ1n) is 9.34. The molecule has 0 fully saturated rings. The van der Waals surface area contributed by atoms with Gasteiger partial charge < -0.3 is 5.11 Å². The fourth-order valence-electron chi connectivity index (χ4n) is 3.57. The molecule has 0 atom stereocenters. The number of hydrogen-bond donors (Lipinski definition) is 4. The summed E-state index contributed by atoms with van der Waals surface area (Å²) in [7, 11) is -14.8. The molecule has 0 aliphatic heterocycles. The molecule has 0 aliphatic rings. The summed E-state index contributed by atoms with van der Waals surface area (Å²) >= 11 is 0. The van der Waals surface area contributed by atoms with Gasteiger partial charge in [-0.2, -0.15) is 25.3 Å². The monoisotopic (exact) mass is 538 g/mol. The van der Waals surface area contributed by atoms with Crippen LogP contribution in [0.1, 0.15) is 0 Å². The molecule has 0 aliphatic carbocycles. The van der Waals surface area contributed by atoms with Crippen LogP contribution in [0, 0.1) is 0 Å². The zero-order chi connectivity index (χ0) is 25.8. The largest absolute Gasteiger partial charge is 0.505 e. The maximum absolute atomic E-state index is 12.0. The van der Waals surface area contributed by atoms with Gasteiger partial charge in [0, 0.05) is 16.2 Å². The van der Waals surface area contributed by atoms with Gasteiger partial charge in [-0.15, -0.1) is 10.2 Å². The minimum absolute atomic E-state index is 0.119. The molecule has 4 aromatic rings. The zero-order valence-corrected chi connectivity index (χ0v) is 19.6. The van der Waals surface area contributed by atoms with Crippen molar-refractivity contribution in [2.75, 3.05) is 0 Å². The Morgan fingerprint density at radius 3 is 1.80 bits per heavy atom. The fourth-order valence-corrected chi connectivity index (χ4v) is 5.79. The van der Waals surface area contributed by atoms with Crippen LogP contribution in [-0.4, -0.2) is 44.0 Å². The Bertz CT molecular complexity index is 1880. The van der Waals surface area contributed by atoms with E-state index in [1.54, 1.807) is 6.07 Å². The molecular weight excluding hydrogens is 524 g/mol. The Labute approximate surface area is 198 Å². The van der Waals surface area contributed by atoms with Gasteiger partial charge in [0.2, 0.25) is 0 Å². The van der Waals surface area contributed by atoms with Crippen molar-refractivity contribution in [3.63, 3.8) is 0 Å². The van der Waals surface area contributed by atoms with Crippen molar-refractivity contribution in [1.29, 1.82) is 0 Å². The van der Waals surface area contributed by atoms with Gasteiger partial charge >= 0.3 is 0 Å². The highest BCUT2D eigenvalue weighted by atomic mass is 32.2. The van der Waals surface area contributed by atoms with E-state index in [0.29, 0.717) is 0 Å². The third-order valence-electron chi connectivity index (χ3n) is 4.98. The lowest BCUT2D eigenvalue weighted by Crippen LogP contribution is -2.05. The number of hydrogen-bond acceptors (Lipinski definition) is 9. The number of rotatable bonds is 5. The topological polar surface area (TPSA) is 208 Å². The summed E-state index contributed by atoms with van der Waals surface area (Å²) in [6.45, 7) is 0. The molecule has 35 heavy (non-hydrogen) atoms. The van der Waals surface area contributed by atoms with E-state index in [9.17, 15) is 44.0 Å². The van der Waals surface area contributed by atoms with E-state index < -0.39 is 45.9 Å². The van der Waals surface area contributed by atoms with E-state index in [1.165, 1.54) is 42.5 Å². The first kappa shape index (κ1) is 24.6. The van der Waals surface area contributed by atoms with E-state index in [1.807, 2.05) is 0 Å². The van der Waals surface area contributed by atoms with E-state index in [0.717, 1.165) is 12.1 Å². The number of phenols is 1. The van der Waals surface area contributed by atoms with Crippen molar-refractivity contribution in [2.45, 2.75) is 14.7 Å². The van der Waals surface area contributed by atoms with Gasteiger partial charge in [-0.25, -0.2) is 0 Å². The second kappa shape index (κ2) is 8.33. The normalized spacial score (nSPS) is 13.1. The molecule has 0 radical (unpaired) electrons. The zero-order valence-electron chi connectivity index (χ0n) is 17.1. The standard InChI is InChI=1S/C20H14N2O10S3/c23-19-17(34(27,28)29)10-11-4-3-7-15(18(11)20(19)35(30,31)32)22-21-14-8-9-16(33(24,25)26)13-6-2-1-5-12(13)14/h1-10,23H,(H,24,25,26)(H,27,28,29)(H,30,31,32). The van der Waals surface area contributed by atoms with E-state index >= 15 is 0 Å². The van der Waals surface area contributed by atoms with Crippen molar-refractivity contribution in [3.8, 4) is 5.75 Å². The average Bonchev–Trinajstić information content (AvgIpc) is 2.74. The molecule has 0 bridgehead atoms. The summed E-state index contributed by atoms with van der Waals surface area (Å²) in [5, 5.41) is 18.2. The van der Waals surface area contributed by atoms with Gasteiger partial charge in [0.1, 0.15) is 14.7 Å². The van der Waals surface area contributed by atoms with Gasteiger partial charge in [-0.1, -0.05) is 36.4 Å². The highest BCUT2D eigenvalue weighted by Crippen LogP contribution is 2.42. The number of azo groups is 1. The van der Waals surface area contributed by atoms with Crippen molar-refractivity contribution >= 4 is 63.3 Å². The quantitative estimate of drug-likeness (QED) is 0.213. The number of aromatic hydroxyl groups is 1. The fraction of sp³-hybridized carbons (Fsp3) is 0. The lowest BCUT2D eigenvalue weighted by Gasteiger charge is -2.12. The first-order valence-corrected chi connectivity index (χ1v) is 13.7. The number of nitrogens with zero attached hydrogens (tertiary/aromatic N) is 2. The number of phenolic OH excluding ortho intramolecular Hbond substituents is 1. The summed E-state index contributed by atoms with van der Waals surface area (Å²) < 4.78 is 99.2. The minimum Gasteiger partial charge on any atom is -0.505 e. The second-order valence-electron chi connectivity index (χ2n) is 7.18. The molecule has 0 unspecified atom stereocenters. The maximum atomic E-state index is 12.0. The van der Waals surface area contributed by atoms with Crippen LogP contribution in [0.4, 0.5) is 11.4 Å². The van der Waals surface area contributed by atoms with Crippen LogP contribution in [0.2, 0.25) is 0 Å². The molecule has 4 N–H and O–H groups in total. The summed E-state index contributed by atoms with van der Waals surface area (Å²) in [5.74, 6) is -1.41. The second-order valence-corrected chi connectivity index (χ2v) is 11.3. The smallest absolute Gasteiger partial charge is 0.298 e. The summed E-state index contributed by atoms with van der Waals surface area (Å²) in [4.78, 5) is -2.71. The van der Waals surface area contributed by atoms with Crippen molar-refractivity contribution in [1.82, 2.24) is 0 Å². The molecule has 0 heterocycles. The molecule has 0 spiro atoms. The Hall–Kier alpha value is -3.47. The predicted octanol–water partition coefficient (Wildman–Crippen LogP) is 3.85. The van der Waals surface area contributed by atoms with E-state index in [-0.39, 0.29) is 37.8 Å². The highest BCUT2D eigenvalue weighted by molar-refractivity contribution is 7.87. The lowest BCUT2D eigenvalue weighted by atomic mass is 10.1. The van der Waals surface area contributed by atoms with Gasteiger partial charge in [-0.3, -0.25) is 13.7 Å². The van der Waals surface area contributed by atoms with Gasteiger partial charge in [-0.05, 0) is 29.7 Å². The van der Waals surface area contributed by atoms with Gasteiger partial charge in [0.15, 0.2) is 5.75 Å². The van der Waals surface area contributed by atoms with Crippen LogP contribution in [0.15, 0.2) is 85.6 Å². The third-order valence-corrected chi connectivity index (χ3v) is 7.67. The van der Waals surface area contributed by atoms with Crippen LogP contribution in [-0.2, 0) is 30.4 Å². The van der Waals surface area contributed by atoms with Gasteiger partial charge in [0.25, 0.3) is 30.4 Å².